The number of amides is 1. The van der Waals surface area contributed by atoms with E-state index in [2.05, 4.69) is 15.3 Å². The van der Waals surface area contributed by atoms with Crippen LogP contribution in [0.4, 0.5) is 5.69 Å². The molecule has 0 aliphatic rings. The Morgan fingerprint density at radius 2 is 2.05 bits per heavy atom. The van der Waals surface area contributed by atoms with Crippen LogP contribution in [0.5, 0.6) is 0 Å². The lowest BCUT2D eigenvalue weighted by molar-refractivity contribution is 0.0696. The summed E-state index contributed by atoms with van der Waals surface area (Å²) < 4.78 is 0. The predicted octanol–water partition coefficient (Wildman–Crippen LogP) is 2.82. The molecule has 0 saturated heterocycles. The number of nitrogens with zero attached hydrogens (tertiary/aromatic N) is 1. The quantitative estimate of drug-likeness (QED) is 0.692. The van der Waals surface area contributed by atoms with Gasteiger partial charge < -0.3 is 15.4 Å². The highest BCUT2D eigenvalue weighted by atomic mass is 16.4. The van der Waals surface area contributed by atoms with Gasteiger partial charge in [-0.25, -0.2) is 9.78 Å². The minimum absolute atomic E-state index is 0.117. The molecule has 3 N–H and O–H groups in total. The summed E-state index contributed by atoms with van der Waals surface area (Å²) in [5.74, 6) is -1.43. The van der Waals surface area contributed by atoms with E-state index in [0.717, 1.165) is 11.0 Å². The Hall–Kier alpha value is -3.15. The number of aryl methyl sites for hydroxylation is 1. The highest BCUT2D eigenvalue weighted by molar-refractivity contribution is 6.06. The van der Waals surface area contributed by atoms with Crippen molar-refractivity contribution in [2.45, 2.75) is 6.92 Å². The van der Waals surface area contributed by atoms with E-state index in [-0.39, 0.29) is 17.0 Å². The summed E-state index contributed by atoms with van der Waals surface area (Å²) in [6.07, 6.45) is 3.31. The first-order valence-corrected chi connectivity index (χ1v) is 6.63. The zero-order valence-electron chi connectivity index (χ0n) is 11.8. The highest BCUT2D eigenvalue weighted by Crippen LogP contribution is 2.17. The van der Waals surface area contributed by atoms with Crippen LogP contribution in [0.1, 0.15) is 26.3 Å². The number of carboxylic acid groups (broad SMARTS) is 1. The number of rotatable bonds is 3. The standard InChI is InChI=1S/C16H13N3O3/c1-9-2-3-11(7-13(9)16(21)22)15(20)19-12-6-10-4-5-17-14(10)18-8-12/h2-8H,1H3,(H,17,18)(H,19,20)(H,21,22). The number of aromatic amines is 1. The number of carbonyl (C=O) groups is 2. The second-order valence-electron chi connectivity index (χ2n) is 4.93. The van der Waals surface area contributed by atoms with Crippen molar-refractivity contribution < 1.29 is 14.7 Å². The summed E-state index contributed by atoms with van der Waals surface area (Å²) in [5.41, 5.74) is 2.31. The van der Waals surface area contributed by atoms with Gasteiger partial charge in [0.1, 0.15) is 5.65 Å². The van der Waals surface area contributed by atoms with Gasteiger partial charge in [-0.15, -0.1) is 0 Å². The number of fused-ring (bicyclic) bond motifs is 1. The van der Waals surface area contributed by atoms with E-state index in [4.69, 9.17) is 5.11 Å². The smallest absolute Gasteiger partial charge is 0.335 e. The molecule has 1 aromatic carbocycles. The van der Waals surface area contributed by atoms with Crippen molar-refractivity contribution in [1.29, 1.82) is 0 Å². The molecule has 0 radical (unpaired) electrons. The SMILES string of the molecule is Cc1ccc(C(=O)Nc2cnc3[nH]ccc3c2)cc1C(=O)O. The molecule has 3 rings (SSSR count). The minimum Gasteiger partial charge on any atom is -0.478 e. The van der Waals surface area contributed by atoms with E-state index in [1.165, 1.54) is 6.07 Å². The van der Waals surface area contributed by atoms with E-state index in [9.17, 15) is 9.59 Å². The van der Waals surface area contributed by atoms with E-state index < -0.39 is 5.97 Å². The van der Waals surface area contributed by atoms with Crippen LogP contribution in [0, 0.1) is 6.92 Å². The Bertz CT molecular complexity index is 883. The molecule has 6 nitrogen and oxygen atoms in total. The van der Waals surface area contributed by atoms with Crippen LogP contribution in [0.3, 0.4) is 0 Å². The van der Waals surface area contributed by atoms with E-state index in [1.807, 2.05) is 6.07 Å². The lowest BCUT2D eigenvalue weighted by Crippen LogP contribution is -2.13. The highest BCUT2D eigenvalue weighted by Gasteiger charge is 2.13. The van der Waals surface area contributed by atoms with Gasteiger partial charge in [-0.1, -0.05) is 6.07 Å². The number of carboxylic acids is 1. The molecule has 0 aliphatic heterocycles. The number of pyridine rings is 1. The first-order valence-electron chi connectivity index (χ1n) is 6.63. The van der Waals surface area contributed by atoms with Crippen molar-refractivity contribution in [1.82, 2.24) is 9.97 Å². The van der Waals surface area contributed by atoms with Gasteiger partial charge in [0.2, 0.25) is 0 Å². The van der Waals surface area contributed by atoms with Crippen LogP contribution in [0.2, 0.25) is 0 Å². The maximum Gasteiger partial charge on any atom is 0.335 e. The molecule has 22 heavy (non-hydrogen) atoms. The first-order chi connectivity index (χ1) is 10.5. The number of hydrogen-bond donors (Lipinski definition) is 3. The number of hydrogen-bond acceptors (Lipinski definition) is 3. The molecule has 2 heterocycles. The molecule has 0 bridgehead atoms. The van der Waals surface area contributed by atoms with Crippen molar-refractivity contribution in [2.24, 2.45) is 0 Å². The monoisotopic (exact) mass is 295 g/mol. The van der Waals surface area contributed by atoms with Crippen molar-refractivity contribution in [3.05, 3.63) is 59.4 Å². The van der Waals surface area contributed by atoms with Crippen molar-refractivity contribution in [3.8, 4) is 0 Å². The Kier molecular flexibility index (Phi) is 3.34. The normalized spacial score (nSPS) is 10.6. The number of H-pyrrole nitrogens is 1. The van der Waals surface area contributed by atoms with Crippen molar-refractivity contribution in [3.63, 3.8) is 0 Å². The maximum atomic E-state index is 12.2. The van der Waals surface area contributed by atoms with Crippen molar-refractivity contribution >= 4 is 28.6 Å². The topological polar surface area (TPSA) is 95.1 Å². The predicted molar refractivity (Wildman–Crippen MR) is 82.2 cm³/mol. The largest absolute Gasteiger partial charge is 0.478 e. The molecule has 0 aliphatic carbocycles. The molecule has 6 heteroatoms. The molecule has 0 fully saturated rings. The van der Waals surface area contributed by atoms with Gasteiger partial charge in [0.05, 0.1) is 17.4 Å². The average molecular weight is 295 g/mol. The van der Waals surface area contributed by atoms with Gasteiger partial charge in [0.25, 0.3) is 5.91 Å². The number of nitrogens with one attached hydrogen (secondary N) is 2. The van der Waals surface area contributed by atoms with Gasteiger partial charge in [-0.2, -0.15) is 0 Å². The third kappa shape index (κ3) is 2.54. The summed E-state index contributed by atoms with van der Waals surface area (Å²) in [7, 11) is 0. The van der Waals surface area contributed by atoms with Crippen molar-refractivity contribution in [2.75, 3.05) is 5.32 Å². The Labute approximate surface area is 125 Å². The number of aromatic carboxylic acids is 1. The minimum atomic E-state index is -1.05. The van der Waals surface area contributed by atoms with Gasteiger partial charge >= 0.3 is 5.97 Å². The fraction of sp³-hybridized carbons (Fsp3) is 0.0625. The fourth-order valence-electron chi connectivity index (χ4n) is 2.21. The fourth-order valence-corrected chi connectivity index (χ4v) is 2.21. The Balaban J connectivity index is 1.87. The van der Waals surface area contributed by atoms with Crippen LogP contribution < -0.4 is 5.32 Å². The molecular weight excluding hydrogens is 282 g/mol. The summed E-state index contributed by atoms with van der Waals surface area (Å²) in [6.45, 7) is 1.69. The average Bonchev–Trinajstić information content (AvgIpc) is 2.94. The molecule has 1 amide bonds. The summed E-state index contributed by atoms with van der Waals surface area (Å²) in [5, 5.41) is 12.7. The molecule has 110 valence electrons. The Morgan fingerprint density at radius 1 is 1.23 bits per heavy atom. The first kappa shape index (κ1) is 13.8. The summed E-state index contributed by atoms with van der Waals surface area (Å²) >= 11 is 0. The molecule has 0 spiro atoms. The molecule has 2 aromatic heterocycles. The van der Waals surface area contributed by atoms with Gasteiger partial charge in [-0.3, -0.25) is 4.79 Å². The zero-order chi connectivity index (χ0) is 15.7. The van der Waals surface area contributed by atoms with Crippen LogP contribution in [0.15, 0.2) is 42.7 Å². The van der Waals surface area contributed by atoms with Crippen LogP contribution >= 0.6 is 0 Å². The molecule has 3 aromatic rings. The summed E-state index contributed by atoms with van der Waals surface area (Å²) in [4.78, 5) is 30.5. The molecule has 0 atom stereocenters. The molecule has 0 saturated carbocycles. The third-order valence-corrected chi connectivity index (χ3v) is 3.39. The van der Waals surface area contributed by atoms with Gasteiger partial charge in [-0.05, 0) is 36.8 Å². The second kappa shape index (κ2) is 5.33. The van der Waals surface area contributed by atoms with Crippen LogP contribution in [-0.4, -0.2) is 27.0 Å². The number of carbonyl (C=O) groups excluding carboxylic acids is 1. The van der Waals surface area contributed by atoms with E-state index >= 15 is 0 Å². The van der Waals surface area contributed by atoms with E-state index in [1.54, 1.807) is 37.5 Å². The number of aromatic nitrogens is 2. The zero-order valence-corrected chi connectivity index (χ0v) is 11.8. The molecule has 0 unspecified atom stereocenters. The second-order valence-corrected chi connectivity index (χ2v) is 4.93. The maximum absolute atomic E-state index is 12.2. The molecular formula is C16H13N3O3. The van der Waals surface area contributed by atoms with Crippen LogP contribution in [-0.2, 0) is 0 Å². The Morgan fingerprint density at radius 3 is 2.82 bits per heavy atom. The van der Waals surface area contributed by atoms with E-state index in [0.29, 0.717) is 11.3 Å². The van der Waals surface area contributed by atoms with Gasteiger partial charge in [0, 0.05) is 17.1 Å². The number of benzene rings is 1. The lowest BCUT2D eigenvalue weighted by Gasteiger charge is -2.07. The third-order valence-electron chi connectivity index (χ3n) is 3.39. The van der Waals surface area contributed by atoms with Gasteiger partial charge in [0.15, 0.2) is 0 Å². The van der Waals surface area contributed by atoms with Crippen LogP contribution in [0.25, 0.3) is 11.0 Å². The number of anilines is 1. The lowest BCUT2D eigenvalue weighted by atomic mass is 10.0. The summed E-state index contributed by atoms with van der Waals surface area (Å²) in [6, 6.07) is 8.23.